The maximum absolute atomic E-state index is 11.2. The van der Waals surface area contributed by atoms with Gasteiger partial charge in [0.15, 0.2) is 0 Å². The van der Waals surface area contributed by atoms with Crippen LogP contribution in [0, 0.1) is 12.8 Å². The zero-order valence-corrected chi connectivity index (χ0v) is 11.6. The molecule has 104 valence electrons. The molecule has 0 bridgehead atoms. The molecule has 0 spiro atoms. The standard InChI is InChI=1S/C15H21NO3/c1-3-11-5-4-6-12(8-11)19-14-7-10(2)16-9-13(14)15(17)18/h7,9,11-12H,3-6,8H2,1-2H3,(H,17,18). The maximum atomic E-state index is 11.2. The van der Waals surface area contributed by atoms with Crippen LogP contribution in [0.15, 0.2) is 12.3 Å². The van der Waals surface area contributed by atoms with Gasteiger partial charge in [-0.15, -0.1) is 0 Å². The van der Waals surface area contributed by atoms with Crippen molar-refractivity contribution in [3.8, 4) is 5.75 Å². The van der Waals surface area contributed by atoms with E-state index in [1.807, 2.05) is 6.92 Å². The fourth-order valence-electron chi connectivity index (χ4n) is 2.69. The Hall–Kier alpha value is -1.58. The third-order valence-corrected chi connectivity index (χ3v) is 3.84. The first kappa shape index (κ1) is 13.8. The van der Waals surface area contributed by atoms with E-state index in [4.69, 9.17) is 9.84 Å². The summed E-state index contributed by atoms with van der Waals surface area (Å²) in [5.41, 5.74) is 0.937. The van der Waals surface area contributed by atoms with Gasteiger partial charge in [0.1, 0.15) is 11.3 Å². The van der Waals surface area contributed by atoms with Crippen LogP contribution in [0.25, 0.3) is 0 Å². The van der Waals surface area contributed by atoms with E-state index in [1.54, 1.807) is 6.07 Å². The molecule has 19 heavy (non-hydrogen) atoms. The van der Waals surface area contributed by atoms with Crippen molar-refractivity contribution < 1.29 is 14.6 Å². The third-order valence-electron chi connectivity index (χ3n) is 3.84. The molecule has 1 aliphatic rings. The molecular weight excluding hydrogens is 242 g/mol. The predicted molar refractivity (Wildman–Crippen MR) is 72.6 cm³/mol. The Bertz CT molecular complexity index is 459. The van der Waals surface area contributed by atoms with Crippen LogP contribution in [0.3, 0.4) is 0 Å². The summed E-state index contributed by atoms with van der Waals surface area (Å²) in [6.45, 7) is 4.04. The molecule has 4 heteroatoms. The summed E-state index contributed by atoms with van der Waals surface area (Å²) in [6, 6.07) is 1.72. The van der Waals surface area contributed by atoms with Gasteiger partial charge in [-0.2, -0.15) is 0 Å². The summed E-state index contributed by atoms with van der Waals surface area (Å²) in [4.78, 5) is 15.2. The summed E-state index contributed by atoms with van der Waals surface area (Å²) in [5.74, 6) is 0.182. The van der Waals surface area contributed by atoms with Crippen molar-refractivity contribution in [2.24, 2.45) is 5.92 Å². The number of aromatic nitrogens is 1. The lowest BCUT2D eigenvalue weighted by molar-refractivity contribution is 0.0681. The second-order valence-corrected chi connectivity index (χ2v) is 5.31. The fraction of sp³-hybridized carbons (Fsp3) is 0.600. The minimum atomic E-state index is -0.981. The minimum Gasteiger partial charge on any atom is -0.489 e. The Kier molecular flexibility index (Phi) is 4.40. The zero-order valence-electron chi connectivity index (χ0n) is 11.6. The summed E-state index contributed by atoms with van der Waals surface area (Å²) in [6.07, 6.45) is 7.15. The lowest BCUT2D eigenvalue weighted by Gasteiger charge is -2.29. The molecule has 1 fully saturated rings. The first-order valence-electron chi connectivity index (χ1n) is 6.96. The van der Waals surface area contributed by atoms with Crippen LogP contribution in [-0.2, 0) is 0 Å². The highest BCUT2D eigenvalue weighted by atomic mass is 16.5. The predicted octanol–water partition coefficient (Wildman–Crippen LogP) is 3.44. The molecule has 2 atom stereocenters. The van der Waals surface area contributed by atoms with E-state index in [2.05, 4.69) is 11.9 Å². The van der Waals surface area contributed by atoms with Crippen molar-refractivity contribution in [1.29, 1.82) is 0 Å². The molecule has 1 heterocycles. The Balaban J connectivity index is 2.13. The number of hydrogen-bond donors (Lipinski definition) is 1. The van der Waals surface area contributed by atoms with E-state index in [-0.39, 0.29) is 11.7 Å². The van der Waals surface area contributed by atoms with Gasteiger partial charge in [-0.3, -0.25) is 4.98 Å². The lowest BCUT2D eigenvalue weighted by atomic mass is 9.85. The van der Waals surface area contributed by atoms with Crippen molar-refractivity contribution in [3.63, 3.8) is 0 Å². The lowest BCUT2D eigenvalue weighted by Crippen LogP contribution is -2.26. The number of rotatable bonds is 4. The van der Waals surface area contributed by atoms with Crippen molar-refractivity contribution in [1.82, 2.24) is 4.98 Å². The number of carboxylic acids is 1. The van der Waals surface area contributed by atoms with Crippen LogP contribution < -0.4 is 4.74 Å². The highest BCUT2D eigenvalue weighted by Gasteiger charge is 2.24. The van der Waals surface area contributed by atoms with Gasteiger partial charge in [0, 0.05) is 18.0 Å². The monoisotopic (exact) mass is 263 g/mol. The molecule has 0 aromatic carbocycles. The van der Waals surface area contributed by atoms with Gasteiger partial charge in [-0.1, -0.05) is 19.8 Å². The molecule has 1 aliphatic carbocycles. The van der Waals surface area contributed by atoms with E-state index in [0.717, 1.165) is 25.0 Å². The van der Waals surface area contributed by atoms with E-state index < -0.39 is 5.97 Å². The van der Waals surface area contributed by atoms with Gasteiger partial charge in [0.2, 0.25) is 0 Å². The van der Waals surface area contributed by atoms with Gasteiger partial charge in [0.25, 0.3) is 0 Å². The highest BCUT2D eigenvalue weighted by Crippen LogP contribution is 2.30. The van der Waals surface area contributed by atoms with Crippen LogP contribution in [-0.4, -0.2) is 22.2 Å². The largest absolute Gasteiger partial charge is 0.489 e. The molecular formula is C15H21NO3. The Morgan fingerprint density at radius 3 is 3.00 bits per heavy atom. The van der Waals surface area contributed by atoms with Gasteiger partial charge < -0.3 is 9.84 Å². The van der Waals surface area contributed by atoms with E-state index in [0.29, 0.717) is 11.7 Å². The Morgan fingerprint density at radius 1 is 1.53 bits per heavy atom. The Morgan fingerprint density at radius 2 is 2.32 bits per heavy atom. The smallest absolute Gasteiger partial charge is 0.341 e. The molecule has 1 N–H and O–H groups in total. The number of pyridine rings is 1. The average Bonchev–Trinajstić information content (AvgIpc) is 2.38. The normalized spacial score (nSPS) is 23.1. The van der Waals surface area contributed by atoms with Crippen LogP contribution in [0.4, 0.5) is 0 Å². The molecule has 4 nitrogen and oxygen atoms in total. The summed E-state index contributed by atoms with van der Waals surface area (Å²) < 4.78 is 5.94. The topological polar surface area (TPSA) is 59.4 Å². The van der Waals surface area contributed by atoms with Gasteiger partial charge in [-0.05, 0) is 32.1 Å². The third kappa shape index (κ3) is 3.46. The number of carbonyl (C=O) groups is 1. The first-order valence-corrected chi connectivity index (χ1v) is 6.96. The molecule has 0 aliphatic heterocycles. The molecule has 2 rings (SSSR count). The second kappa shape index (κ2) is 6.04. The van der Waals surface area contributed by atoms with Crippen LogP contribution >= 0.6 is 0 Å². The quantitative estimate of drug-likeness (QED) is 0.904. The summed E-state index contributed by atoms with van der Waals surface area (Å²) in [5, 5.41) is 9.16. The molecule has 1 aromatic rings. The number of aryl methyl sites for hydroxylation is 1. The number of hydrogen-bond acceptors (Lipinski definition) is 3. The van der Waals surface area contributed by atoms with Crippen molar-refractivity contribution >= 4 is 5.97 Å². The second-order valence-electron chi connectivity index (χ2n) is 5.31. The molecule has 1 aromatic heterocycles. The maximum Gasteiger partial charge on any atom is 0.341 e. The number of aromatic carboxylic acids is 1. The zero-order chi connectivity index (χ0) is 13.8. The van der Waals surface area contributed by atoms with Gasteiger partial charge in [0.05, 0.1) is 6.10 Å². The molecule has 0 amide bonds. The van der Waals surface area contributed by atoms with Gasteiger partial charge >= 0.3 is 5.97 Å². The fourth-order valence-corrected chi connectivity index (χ4v) is 2.69. The molecule has 1 saturated carbocycles. The van der Waals surface area contributed by atoms with Crippen molar-refractivity contribution in [2.75, 3.05) is 0 Å². The van der Waals surface area contributed by atoms with Crippen LogP contribution in [0.5, 0.6) is 5.75 Å². The van der Waals surface area contributed by atoms with Crippen molar-refractivity contribution in [2.45, 2.75) is 52.1 Å². The number of ether oxygens (including phenoxy) is 1. The van der Waals surface area contributed by atoms with E-state index in [9.17, 15) is 4.79 Å². The van der Waals surface area contributed by atoms with E-state index >= 15 is 0 Å². The Labute approximate surface area is 113 Å². The summed E-state index contributed by atoms with van der Waals surface area (Å²) >= 11 is 0. The number of nitrogens with zero attached hydrogens (tertiary/aromatic N) is 1. The number of carboxylic acid groups (broad SMARTS) is 1. The highest BCUT2D eigenvalue weighted by molar-refractivity contribution is 5.90. The molecule has 0 radical (unpaired) electrons. The molecule has 0 saturated heterocycles. The first-order chi connectivity index (χ1) is 9.10. The van der Waals surface area contributed by atoms with Gasteiger partial charge in [-0.25, -0.2) is 4.79 Å². The minimum absolute atomic E-state index is 0.138. The van der Waals surface area contributed by atoms with Crippen molar-refractivity contribution in [3.05, 3.63) is 23.5 Å². The van der Waals surface area contributed by atoms with Crippen LogP contribution in [0.1, 0.15) is 55.1 Å². The van der Waals surface area contributed by atoms with E-state index in [1.165, 1.54) is 19.0 Å². The molecule has 2 unspecified atom stereocenters. The summed E-state index contributed by atoms with van der Waals surface area (Å²) in [7, 11) is 0. The average molecular weight is 263 g/mol. The van der Waals surface area contributed by atoms with Crippen LogP contribution in [0.2, 0.25) is 0 Å². The SMILES string of the molecule is CCC1CCCC(Oc2cc(C)ncc2C(=O)O)C1.